The number of amides is 1. The van der Waals surface area contributed by atoms with E-state index in [1.165, 1.54) is 23.1 Å². The maximum atomic E-state index is 13.7. The van der Waals surface area contributed by atoms with Gasteiger partial charge in [-0.25, -0.2) is 9.18 Å². The van der Waals surface area contributed by atoms with E-state index in [-0.39, 0.29) is 11.1 Å². The van der Waals surface area contributed by atoms with Crippen LogP contribution in [0.4, 0.5) is 14.9 Å². The molecule has 0 unspecified atom stereocenters. The number of fused-ring (bicyclic) bond motifs is 1. The van der Waals surface area contributed by atoms with Crippen LogP contribution < -0.4 is 15.0 Å². The van der Waals surface area contributed by atoms with Gasteiger partial charge in [-0.2, -0.15) is 5.10 Å². The highest BCUT2D eigenvalue weighted by molar-refractivity contribution is 6.30. The number of carbonyl (C=O) groups is 1. The topological polar surface area (TPSA) is 79.6 Å². The summed E-state index contributed by atoms with van der Waals surface area (Å²) in [7, 11) is 0. The van der Waals surface area contributed by atoms with Gasteiger partial charge in [0.15, 0.2) is 0 Å². The molecule has 1 atom stereocenters. The zero-order valence-electron chi connectivity index (χ0n) is 17.4. The molecule has 2 aliphatic rings. The van der Waals surface area contributed by atoms with Crippen molar-refractivity contribution in [2.24, 2.45) is 0 Å². The molecular formula is C23H22ClFN4O3. The normalized spacial score (nSPS) is 18.2. The third-order valence-electron chi connectivity index (χ3n) is 6.11. The Bertz CT molecular complexity index is 1190. The summed E-state index contributed by atoms with van der Waals surface area (Å²) in [5, 5.41) is 17.5. The standard InChI is InChI=1S/C23H22ClFN4O3/c1-13-2-4-18-21(29(13)23(30)31)7-5-17(14-9-27-28(12-14)15-10-26-11-15)22(18)32-16-3-6-20(25)19(24)8-16/h3,5-9,12-13,15,26H,2,4,10-11H2,1H3,(H,30,31)/t13-/m0/s1. The maximum Gasteiger partial charge on any atom is 0.412 e. The van der Waals surface area contributed by atoms with Crippen LogP contribution >= 0.6 is 11.6 Å². The van der Waals surface area contributed by atoms with Crippen LogP contribution in [-0.4, -0.2) is 40.1 Å². The summed E-state index contributed by atoms with van der Waals surface area (Å²) in [6.45, 7) is 3.63. The van der Waals surface area contributed by atoms with Gasteiger partial charge >= 0.3 is 6.09 Å². The molecule has 166 valence electrons. The SMILES string of the molecule is C[C@H]1CCc2c(ccc(-c3cnn(C4CNC4)c3)c2Oc2ccc(F)c(Cl)c2)N1C(=O)O. The highest BCUT2D eigenvalue weighted by atomic mass is 35.5. The largest absolute Gasteiger partial charge is 0.465 e. The highest BCUT2D eigenvalue weighted by Gasteiger charge is 2.32. The van der Waals surface area contributed by atoms with Gasteiger partial charge in [0, 0.05) is 48.1 Å². The van der Waals surface area contributed by atoms with Crippen LogP contribution in [0.15, 0.2) is 42.7 Å². The zero-order chi connectivity index (χ0) is 22.4. The van der Waals surface area contributed by atoms with E-state index in [0.717, 1.165) is 29.8 Å². The van der Waals surface area contributed by atoms with Crippen molar-refractivity contribution in [1.82, 2.24) is 15.1 Å². The van der Waals surface area contributed by atoms with Crippen LogP contribution in [-0.2, 0) is 6.42 Å². The van der Waals surface area contributed by atoms with E-state index in [4.69, 9.17) is 16.3 Å². The molecule has 1 saturated heterocycles. The molecule has 1 aromatic heterocycles. The third kappa shape index (κ3) is 3.59. The van der Waals surface area contributed by atoms with Gasteiger partial charge < -0.3 is 15.2 Å². The van der Waals surface area contributed by atoms with Crippen molar-refractivity contribution < 1.29 is 19.0 Å². The first-order valence-corrected chi connectivity index (χ1v) is 10.9. The van der Waals surface area contributed by atoms with E-state index < -0.39 is 11.9 Å². The second-order valence-corrected chi connectivity index (χ2v) is 8.59. The van der Waals surface area contributed by atoms with Crippen molar-refractivity contribution >= 4 is 23.4 Å². The van der Waals surface area contributed by atoms with Gasteiger partial charge in [0.2, 0.25) is 0 Å². The lowest BCUT2D eigenvalue weighted by Crippen LogP contribution is -2.43. The first-order chi connectivity index (χ1) is 15.4. The zero-order valence-corrected chi connectivity index (χ0v) is 18.1. The Labute approximate surface area is 189 Å². The summed E-state index contributed by atoms with van der Waals surface area (Å²) < 4.78 is 21.9. The minimum absolute atomic E-state index is 0.0417. The summed E-state index contributed by atoms with van der Waals surface area (Å²) in [5.41, 5.74) is 3.05. The van der Waals surface area contributed by atoms with Crippen LogP contribution in [0.3, 0.4) is 0 Å². The summed E-state index contributed by atoms with van der Waals surface area (Å²) >= 11 is 5.96. The number of rotatable bonds is 4. The molecule has 3 aromatic rings. The highest BCUT2D eigenvalue weighted by Crippen LogP contribution is 2.45. The van der Waals surface area contributed by atoms with Crippen LogP contribution in [0.5, 0.6) is 11.5 Å². The Morgan fingerprint density at radius 2 is 2.12 bits per heavy atom. The molecule has 0 aliphatic carbocycles. The number of nitrogens with zero attached hydrogens (tertiary/aromatic N) is 3. The van der Waals surface area contributed by atoms with Gasteiger partial charge in [-0.3, -0.25) is 9.58 Å². The number of nitrogens with one attached hydrogen (secondary N) is 1. The third-order valence-corrected chi connectivity index (χ3v) is 6.40. The van der Waals surface area contributed by atoms with Crippen molar-refractivity contribution in [2.45, 2.75) is 31.8 Å². The summed E-state index contributed by atoms with van der Waals surface area (Å²) in [6, 6.07) is 8.02. The van der Waals surface area contributed by atoms with Crippen molar-refractivity contribution in [3.05, 3.63) is 59.1 Å². The fourth-order valence-electron chi connectivity index (χ4n) is 4.24. The Hall–Kier alpha value is -3.10. The predicted octanol–water partition coefficient (Wildman–Crippen LogP) is 5.10. The molecule has 0 bridgehead atoms. The lowest BCUT2D eigenvalue weighted by molar-refractivity contribution is 0.198. The number of carboxylic acid groups (broad SMARTS) is 1. The molecule has 0 saturated carbocycles. The number of ether oxygens (including phenoxy) is 1. The number of hydrogen-bond acceptors (Lipinski definition) is 4. The second kappa shape index (κ2) is 8.11. The van der Waals surface area contributed by atoms with Crippen molar-refractivity contribution in [2.75, 3.05) is 18.0 Å². The number of halogens is 2. The molecule has 3 heterocycles. The van der Waals surface area contributed by atoms with Crippen molar-refractivity contribution in [3.63, 3.8) is 0 Å². The van der Waals surface area contributed by atoms with E-state index in [1.807, 2.05) is 29.9 Å². The first-order valence-electron chi connectivity index (χ1n) is 10.5. The van der Waals surface area contributed by atoms with Gasteiger partial charge in [-0.1, -0.05) is 11.6 Å². The van der Waals surface area contributed by atoms with Crippen LogP contribution in [0.25, 0.3) is 11.1 Å². The van der Waals surface area contributed by atoms with Crippen molar-refractivity contribution in [3.8, 4) is 22.6 Å². The van der Waals surface area contributed by atoms with Gasteiger partial charge in [0.25, 0.3) is 0 Å². The molecule has 0 radical (unpaired) electrons. The van der Waals surface area contributed by atoms with Gasteiger partial charge in [0.1, 0.15) is 17.3 Å². The van der Waals surface area contributed by atoms with Gasteiger partial charge in [0.05, 0.1) is 22.9 Å². The lowest BCUT2D eigenvalue weighted by Gasteiger charge is -2.34. The fourth-order valence-corrected chi connectivity index (χ4v) is 4.41. The summed E-state index contributed by atoms with van der Waals surface area (Å²) in [5.74, 6) is 0.382. The molecule has 2 aromatic carbocycles. The molecule has 9 heteroatoms. The Morgan fingerprint density at radius 3 is 2.81 bits per heavy atom. The molecule has 5 rings (SSSR count). The minimum atomic E-state index is -1.01. The van der Waals surface area contributed by atoms with E-state index in [2.05, 4.69) is 10.4 Å². The van der Waals surface area contributed by atoms with Gasteiger partial charge in [-0.05, 0) is 44.0 Å². The second-order valence-electron chi connectivity index (χ2n) is 8.18. The minimum Gasteiger partial charge on any atom is -0.465 e. The Kier molecular flexibility index (Phi) is 5.27. The number of aromatic nitrogens is 2. The molecule has 1 fully saturated rings. The number of hydrogen-bond donors (Lipinski definition) is 2. The van der Waals surface area contributed by atoms with E-state index in [1.54, 1.807) is 6.20 Å². The number of anilines is 1. The fraction of sp³-hybridized carbons (Fsp3) is 0.304. The molecular weight excluding hydrogens is 435 g/mol. The molecule has 7 nitrogen and oxygen atoms in total. The smallest absolute Gasteiger partial charge is 0.412 e. The molecule has 32 heavy (non-hydrogen) atoms. The monoisotopic (exact) mass is 456 g/mol. The average molecular weight is 457 g/mol. The molecule has 1 amide bonds. The number of benzene rings is 2. The molecule has 0 spiro atoms. The molecule has 2 N–H and O–H groups in total. The maximum absolute atomic E-state index is 13.7. The first kappa shape index (κ1) is 20.8. The van der Waals surface area contributed by atoms with E-state index in [0.29, 0.717) is 36.1 Å². The predicted molar refractivity (Wildman–Crippen MR) is 119 cm³/mol. The Balaban J connectivity index is 1.63. The summed E-state index contributed by atoms with van der Waals surface area (Å²) in [6.07, 6.45) is 4.06. The molecule has 2 aliphatic heterocycles. The summed E-state index contributed by atoms with van der Waals surface area (Å²) in [4.78, 5) is 13.3. The lowest BCUT2D eigenvalue weighted by atomic mass is 9.92. The van der Waals surface area contributed by atoms with Gasteiger partial charge in [-0.15, -0.1) is 0 Å². The van der Waals surface area contributed by atoms with E-state index in [9.17, 15) is 14.3 Å². The van der Waals surface area contributed by atoms with E-state index >= 15 is 0 Å². The van der Waals surface area contributed by atoms with Crippen LogP contribution in [0.2, 0.25) is 5.02 Å². The Morgan fingerprint density at radius 1 is 1.31 bits per heavy atom. The van der Waals surface area contributed by atoms with Crippen LogP contribution in [0, 0.1) is 5.82 Å². The quantitative estimate of drug-likeness (QED) is 0.571. The average Bonchev–Trinajstić information content (AvgIpc) is 3.18. The van der Waals surface area contributed by atoms with Crippen LogP contribution in [0.1, 0.15) is 24.9 Å². The van der Waals surface area contributed by atoms with Crippen molar-refractivity contribution in [1.29, 1.82) is 0 Å².